The molecule has 0 aliphatic carbocycles. The van der Waals surface area contributed by atoms with E-state index in [1.54, 1.807) is 24.3 Å². The van der Waals surface area contributed by atoms with Crippen molar-refractivity contribution in [1.29, 1.82) is 0 Å². The zero-order valence-corrected chi connectivity index (χ0v) is 12.7. The molecule has 1 N–H and O–H groups in total. The second-order valence-electron chi connectivity index (χ2n) is 4.76. The van der Waals surface area contributed by atoms with Gasteiger partial charge in [0.15, 0.2) is 5.76 Å². The third-order valence-electron chi connectivity index (χ3n) is 3.40. The molecule has 0 spiro atoms. The Morgan fingerprint density at radius 1 is 1.14 bits per heavy atom. The van der Waals surface area contributed by atoms with E-state index in [2.05, 4.69) is 0 Å². The van der Waals surface area contributed by atoms with Gasteiger partial charge in [0.05, 0.1) is 12.7 Å². The van der Waals surface area contributed by atoms with E-state index in [0.29, 0.717) is 30.9 Å². The minimum Gasteiger partial charge on any atom is -0.502 e. The first-order chi connectivity index (χ1) is 10.6. The Morgan fingerprint density at radius 2 is 1.82 bits per heavy atom. The van der Waals surface area contributed by atoms with Gasteiger partial charge in [0, 0.05) is 19.8 Å². The summed E-state index contributed by atoms with van der Waals surface area (Å²) in [5.41, 5.74) is 0.521. The highest BCUT2D eigenvalue weighted by Crippen LogP contribution is 2.29. The number of amides is 2. The van der Waals surface area contributed by atoms with E-state index in [0.717, 1.165) is 4.90 Å². The zero-order chi connectivity index (χ0) is 16.1. The van der Waals surface area contributed by atoms with Crippen LogP contribution in [0.3, 0.4) is 0 Å². The molecule has 1 aliphatic rings. The minimum absolute atomic E-state index is 0.0315. The maximum Gasteiger partial charge on any atom is 0.296 e. The SMILES string of the molecule is CCOCCCN1C(=O)C(O)=C(c2ccc(OC)cc2)C1=O. The summed E-state index contributed by atoms with van der Waals surface area (Å²) in [7, 11) is 1.54. The van der Waals surface area contributed by atoms with Crippen molar-refractivity contribution in [3.63, 3.8) is 0 Å². The maximum atomic E-state index is 12.4. The van der Waals surface area contributed by atoms with Crippen LogP contribution in [0.15, 0.2) is 30.0 Å². The number of benzene rings is 1. The number of rotatable bonds is 7. The van der Waals surface area contributed by atoms with Crippen LogP contribution in [0.4, 0.5) is 0 Å². The molecule has 1 heterocycles. The number of carbonyl (C=O) groups excluding carboxylic acids is 2. The molecule has 1 aromatic rings. The summed E-state index contributed by atoms with van der Waals surface area (Å²) in [6.07, 6.45) is 0.536. The van der Waals surface area contributed by atoms with Gasteiger partial charge < -0.3 is 14.6 Å². The third-order valence-corrected chi connectivity index (χ3v) is 3.40. The van der Waals surface area contributed by atoms with Gasteiger partial charge in [0.25, 0.3) is 11.8 Å². The molecular weight excluding hydrogens is 286 g/mol. The number of imide groups is 1. The molecular formula is C16H19NO5. The fourth-order valence-corrected chi connectivity index (χ4v) is 2.25. The van der Waals surface area contributed by atoms with Crippen molar-refractivity contribution in [3.8, 4) is 5.75 Å². The average molecular weight is 305 g/mol. The molecule has 0 atom stereocenters. The molecule has 0 fully saturated rings. The van der Waals surface area contributed by atoms with Gasteiger partial charge in [-0.1, -0.05) is 12.1 Å². The van der Waals surface area contributed by atoms with E-state index in [4.69, 9.17) is 9.47 Å². The number of aliphatic hydroxyl groups excluding tert-OH is 1. The molecule has 0 radical (unpaired) electrons. The first-order valence-electron chi connectivity index (χ1n) is 7.11. The first kappa shape index (κ1) is 16.0. The highest BCUT2D eigenvalue weighted by atomic mass is 16.5. The largest absolute Gasteiger partial charge is 0.502 e. The number of ether oxygens (including phenoxy) is 2. The fourth-order valence-electron chi connectivity index (χ4n) is 2.25. The summed E-state index contributed by atoms with van der Waals surface area (Å²) in [5.74, 6) is -1.02. The lowest BCUT2D eigenvalue weighted by Crippen LogP contribution is -2.33. The van der Waals surface area contributed by atoms with Crippen molar-refractivity contribution in [2.24, 2.45) is 0 Å². The third kappa shape index (κ3) is 3.12. The maximum absolute atomic E-state index is 12.4. The Bertz CT molecular complexity index is 591. The van der Waals surface area contributed by atoms with Crippen molar-refractivity contribution < 1.29 is 24.2 Å². The molecule has 1 aromatic carbocycles. The van der Waals surface area contributed by atoms with Crippen LogP contribution in [0.1, 0.15) is 18.9 Å². The van der Waals surface area contributed by atoms with Crippen LogP contribution in [0.2, 0.25) is 0 Å². The lowest BCUT2D eigenvalue weighted by Gasteiger charge is -2.14. The molecule has 2 rings (SSSR count). The number of methoxy groups -OCH3 is 1. The molecule has 22 heavy (non-hydrogen) atoms. The lowest BCUT2D eigenvalue weighted by molar-refractivity contribution is -0.138. The first-order valence-corrected chi connectivity index (χ1v) is 7.11. The fraction of sp³-hybridized carbons (Fsp3) is 0.375. The van der Waals surface area contributed by atoms with E-state index in [1.807, 2.05) is 6.92 Å². The van der Waals surface area contributed by atoms with E-state index < -0.39 is 17.6 Å². The van der Waals surface area contributed by atoms with Crippen LogP contribution in [0, 0.1) is 0 Å². The van der Waals surface area contributed by atoms with Gasteiger partial charge in [-0.3, -0.25) is 14.5 Å². The predicted octanol–water partition coefficient (Wildman–Crippen LogP) is 1.76. The van der Waals surface area contributed by atoms with Crippen LogP contribution in [-0.4, -0.2) is 48.7 Å². The van der Waals surface area contributed by atoms with Crippen LogP contribution < -0.4 is 4.74 Å². The van der Waals surface area contributed by atoms with Crippen molar-refractivity contribution in [2.75, 3.05) is 26.9 Å². The lowest BCUT2D eigenvalue weighted by atomic mass is 10.1. The Labute approximate surface area is 128 Å². The van der Waals surface area contributed by atoms with Gasteiger partial charge in [0.2, 0.25) is 0 Å². The summed E-state index contributed by atoms with van der Waals surface area (Å²) in [4.78, 5) is 25.4. The Hall–Kier alpha value is -2.34. The summed E-state index contributed by atoms with van der Waals surface area (Å²) >= 11 is 0. The van der Waals surface area contributed by atoms with Crippen LogP contribution >= 0.6 is 0 Å². The van der Waals surface area contributed by atoms with E-state index in [9.17, 15) is 14.7 Å². The Balaban J connectivity index is 2.14. The Morgan fingerprint density at radius 3 is 2.41 bits per heavy atom. The van der Waals surface area contributed by atoms with Crippen molar-refractivity contribution >= 4 is 17.4 Å². The zero-order valence-electron chi connectivity index (χ0n) is 12.7. The second-order valence-corrected chi connectivity index (χ2v) is 4.76. The highest BCUT2D eigenvalue weighted by Gasteiger charge is 2.38. The van der Waals surface area contributed by atoms with Gasteiger partial charge in [-0.2, -0.15) is 0 Å². The number of nitrogens with zero attached hydrogens (tertiary/aromatic N) is 1. The van der Waals surface area contributed by atoms with Crippen molar-refractivity contribution in [1.82, 2.24) is 4.90 Å². The monoisotopic (exact) mass is 305 g/mol. The molecule has 0 saturated heterocycles. The highest BCUT2D eigenvalue weighted by molar-refractivity contribution is 6.34. The molecule has 118 valence electrons. The van der Waals surface area contributed by atoms with E-state index >= 15 is 0 Å². The molecule has 6 heteroatoms. The molecule has 0 unspecified atom stereocenters. The normalized spacial score (nSPS) is 14.9. The smallest absolute Gasteiger partial charge is 0.296 e. The van der Waals surface area contributed by atoms with E-state index in [1.165, 1.54) is 7.11 Å². The van der Waals surface area contributed by atoms with Gasteiger partial charge in [-0.15, -0.1) is 0 Å². The average Bonchev–Trinajstić information content (AvgIpc) is 2.75. The van der Waals surface area contributed by atoms with Gasteiger partial charge in [0.1, 0.15) is 5.75 Å². The summed E-state index contributed by atoms with van der Waals surface area (Å²) in [5, 5.41) is 9.99. The number of carbonyl (C=O) groups is 2. The summed E-state index contributed by atoms with van der Waals surface area (Å²) in [6, 6.07) is 6.62. The van der Waals surface area contributed by atoms with Crippen LogP contribution in [-0.2, 0) is 14.3 Å². The Kier molecular flexibility index (Phi) is 5.16. The number of hydrogen-bond acceptors (Lipinski definition) is 5. The van der Waals surface area contributed by atoms with Gasteiger partial charge in [-0.05, 0) is 31.0 Å². The molecule has 0 saturated carbocycles. The van der Waals surface area contributed by atoms with Crippen LogP contribution in [0.25, 0.3) is 5.57 Å². The molecule has 0 aromatic heterocycles. The molecule has 1 aliphatic heterocycles. The van der Waals surface area contributed by atoms with Crippen LogP contribution in [0.5, 0.6) is 5.75 Å². The molecule has 0 bridgehead atoms. The standard InChI is InChI=1S/C16H19NO5/c1-3-22-10-4-9-17-15(19)13(14(18)16(17)20)11-5-7-12(21-2)8-6-11/h5-8,18H,3-4,9-10H2,1-2H3. The van der Waals surface area contributed by atoms with E-state index in [-0.39, 0.29) is 12.1 Å². The predicted molar refractivity (Wildman–Crippen MR) is 80.4 cm³/mol. The summed E-state index contributed by atoms with van der Waals surface area (Å²) < 4.78 is 10.2. The number of hydrogen-bond donors (Lipinski definition) is 1. The topological polar surface area (TPSA) is 76.1 Å². The molecule has 6 nitrogen and oxygen atoms in total. The van der Waals surface area contributed by atoms with Crippen molar-refractivity contribution in [3.05, 3.63) is 35.6 Å². The molecule has 2 amide bonds. The minimum atomic E-state index is -0.660. The van der Waals surface area contributed by atoms with Gasteiger partial charge in [-0.25, -0.2) is 0 Å². The summed E-state index contributed by atoms with van der Waals surface area (Å²) in [6.45, 7) is 3.15. The van der Waals surface area contributed by atoms with Crippen molar-refractivity contribution in [2.45, 2.75) is 13.3 Å². The number of aliphatic hydroxyl groups is 1. The second kappa shape index (κ2) is 7.09. The van der Waals surface area contributed by atoms with Gasteiger partial charge >= 0.3 is 0 Å². The quantitative estimate of drug-likeness (QED) is 0.613.